The molecule has 1 unspecified atom stereocenters. The van der Waals surface area contributed by atoms with Gasteiger partial charge in [0.15, 0.2) is 5.12 Å². The lowest BCUT2D eigenvalue weighted by Gasteiger charge is -2.05. The summed E-state index contributed by atoms with van der Waals surface area (Å²) in [6.45, 7) is 1.85. The number of rotatable bonds is 2. The van der Waals surface area contributed by atoms with E-state index >= 15 is 0 Å². The van der Waals surface area contributed by atoms with Gasteiger partial charge in [-0.1, -0.05) is 37.3 Å². The molecule has 0 saturated carbocycles. The second kappa shape index (κ2) is 3.58. The Morgan fingerprint density at radius 2 is 1.91 bits per heavy atom. The fourth-order valence-electron chi connectivity index (χ4n) is 0.884. The topological polar surface area (TPSA) is 17.1 Å². The molecule has 1 atom stereocenters. The summed E-state index contributed by atoms with van der Waals surface area (Å²) in [4.78, 5) is 10.8. The summed E-state index contributed by atoms with van der Waals surface area (Å²) >= 11 is 3.77. The van der Waals surface area contributed by atoms with Crippen molar-refractivity contribution in [3.05, 3.63) is 35.9 Å². The zero-order valence-corrected chi connectivity index (χ0v) is 7.21. The van der Waals surface area contributed by atoms with E-state index in [1.807, 2.05) is 37.3 Å². The van der Waals surface area contributed by atoms with Crippen LogP contribution in [0.5, 0.6) is 0 Å². The molecule has 0 aliphatic rings. The second-order valence-electron chi connectivity index (χ2n) is 2.47. The minimum atomic E-state index is -0.0977. The monoisotopic (exact) mass is 166 g/mol. The van der Waals surface area contributed by atoms with Crippen LogP contribution in [0, 0.1) is 0 Å². The Kier molecular flexibility index (Phi) is 2.71. The van der Waals surface area contributed by atoms with E-state index in [1.165, 1.54) is 0 Å². The van der Waals surface area contributed by atoms with Crippen LogP contribution in [0.1, 0.15) is 18.4 Å². The predicted molar refractivity (Wildman–Crippen MR) is 48.9 cm³/mol. The van der Waals surface area contributed by atoms with Crippen LogP contribution < -0.4 is 0 Å². The fraction of sp³-hybridized carbons (Fsp3) is 0.222. The van der Waals surface area contributed by atoms with Gasteiger partial charge in [0.2, 0.25) is 0 Å². The number of benzene rings is 1. The third-order valence-corrected chi connectivity index (χ3v) is 2.06. The van der Waals surface area contributed by atoms with E-state index in [0.29, 0.717) is 0 Å². The Hall–Kier alpha value is -0.760. The lowest BCUT2D eigenvalue weighted by Crippen LogP contribution is -2.00. The summed E-state index contributed by atoms with van der Waals surface area (Å²) in [5.74, 6) is -0.0977. The zero-order chi connectivity index (χ0) is 8.27. The molecule has 1 rings (SSSR count). The SMILES string of the molecule is CC(C(=O)S)c1ccccc1. The maximum atomic E-state index is 10.8. The number of hydrogen-bond acceptors (Lipinski definition) is 1. The molecular weight excluding hydrogens is 156 g/mol. The molecule has 1 aromatic rings. The molecule has 0 N–H and O–H groups in total. The number of thiol groups is 1. The fourth-order valence-corrected chi connectivity index (χ4v) is 1.03. The van der Waals surface area contributed by atoms with Crippen LogP contribution in [0.15, 0.2) is 30.3 Å². The van der Waals surface area contributed by atoms with Crippen molar-refractivity contribution in [3.63, 3.8) is 0 Å². The maximum absolute atomic E-state index is 10.8. The van der Waals surface area contributed by atoms with Gasteiger partial charge in [0, 0.05) is 0 Å². The Balaban J connectivity index is 2.85. The molecule has 0 aliphatic heterocycles. The molecule has 0 heterocycles. The van der Waals surface area contributed by atoms with E-state index in [0.717, 1.165) is 5.56 Å². The van der Waals surface area contributed by atoms with E-state index in [1.54, 1.807) is 0 Å². The average Bonchev–Trinajstić information content (AvgIpc) is 2.05. The van der Waals surface area contributed by atoms with E-state index in [4.69, 9.17) is 0 Å². The molecule has 0 bridgehead atoms. The van der Waals surface area contributed by atoms with E-state index in [9.17, 15) is 4.79 Å². The van der Waals surface area contributed by atoms with Gasteiger partial charge in [0.05, 0.1) is 5.92 Å². The standard InChI is InChI=1S/C9H10OS/c1-7(9(10)11)8-5-3-2-4-6-8/h2-7H,1H3,(H,10,11). The van der Waals surface area contributed by atoms with Gasteiger partial charge >= 0.3 is 0 Å². The average molecular weight is 166 g/mol. The summed E-state index contributed by atoms with van der Waals surface area (Å²) in [7, 11) is 0. The third kappa shape index (κ3) is 2.09. The van der Waals surface area contributed by atoms with Crippen molar-refractivity contribution in [2.45, 2.75) is 12.8 Å². The van der Waals surface area contributed by atoms with Gasteiger partial charge in [-0.25, -0.2) is 0 Å². The summed E-state index contributed by atoms with van der Waals surface area (Å²) in [6, 6.07) is 9.63. The van der Waals surface area contributed by atoms with Crippen molar-refractivity contribution in [1.29, 1.82) is 0 Å². The van der Waals surface area contributed by atoms with Crippen molar-refractivity contribution in [2.24, 2.45) is 0 Å². The lowest BCUT2D eigenvalue weighted by molar-refractivity contribution is -0.111. The summed E-state index contributed by atoms with van der Waals surface area (Å²) in [5, 5.41) is -0.0869. The molecule has 1 aromatic carbocycles. The molecule has 0 saturated heterocycles. The van der Waals surface area contributed by atoms with Gasteiger partial charge in [0.1, 0.15) is 0 Å². The van der Waals surface area contributed by atoms with Crippen molar-refractivity contribution in [1.82, 2.24) is 0 Å². The third-order valence-electron chi connectivity index (χ3n) is 1.67. The molecule has 1 nitrogen and oxygen atoms in total. The van der Waals surface area contributed by atoms with Crippen LogP contribution in [0.4, 0.5) is 0 Å². The van der Waals surface area contributed by atoms with Crippen LogP contribution in [0.25, 0.3) is 0 Å². The molecule has 0 spiro atoms. The summed E-state index contributed by atoms with van der Waals surface area (Å²) < 4.78 is 0. The molecule has 2 heteroatoms. The normalized spacial score (nSPS) is 12.5. The van der Waals surface area contributed by atoms with Crippen LogP contribution in [0.3, 0.4) is 0 Å². The highest BCUT2D eigenvalue weighted by Gasteiger charge is 2.09. The van der Waals surface area contributed by atoms with Gasteiger partial charge in [-0.05, 0) is 5.56 Å². The minimum Gasteiger partial charge on any atom is -0.287 e. The quantitative estimate of drug-likeness (QED) is 0.667. The molecule has 0 aliphatic carbocycles. The van der Waals surface area contributed by atoms with E-state index < -0.39 is 0 Å². The second-order valence-corrected chi connectivity index (χ2v) is 2.91. The van der Waals surface area contributed by atoms with Crippen molar-refractivity contribution >= 4 is 17.7 Å². The van der Waals surface area contributed by atoms with Gasteiger partial charge in [0.25, 0.3) is 0 Å². The van der Waals surface area contributed by atoms with E-state index in [2.05, 4.69) is 12.6 Å². The van der Waals surface area contributed by atoms with Crippen LogP contribution >= 0.6 is 12.6 Å². The number of carbonyl (C=O) groups is 1. The predicted octanol–water partition coefficient (Wildman–Crippen LogP) is 2.25. The first-order valence-electron chi connectivity index (χ1n) is 3.49. The Morgan fingerprint density at radius 3 is 2.36 bits per heavy atom. The molecule has 58 valence electrons. The lowest BCUT2D eigenvalue weighted by atomic mass is 10.0. The largest absolute Gasteiger partial charge is 0.287 e. The van der Waals surface area contributed by atoms with Crippen LogP contribution in [0.2, 0.25) is 0 Å². The number of hydrogen-bond donors (Lipinski definition) is 1. The summed E-state index contributed by atoms with van der Waals surface area (Å²) in [5.41, 5.74) is 1.02. The first-order valence-corrected chi connectivity index (χ1v) is 3.94. The smallest absolute Gasteiger partial charge is 0.193 e. The van der Waals surface area contributed by atoms with Crippen molar-refractivity contribution in [3.8, 4) is 0 Å². The molecule has 0 radical (unpaired) electrons. The molecule has 0 aromatic heterocycles. The van der Waals surface area contributed by atoms with Gasteiger partial charge in [-0.15, -0.1) is 12.6 Å². The molecule has 0 amide bonds. The molecular formula is C9H10OS. The highest BCUT2D eigenvalue weighted by atomic mass is 32.1. The van der Waals surface area contributed by atoms with Gasteiger partial charge in [-0.3, -0.25) is 4.79 Å². The maximum Gasteiger partial charge on any atom is 0.193 e. The Bertz CT molecular complexity index is 243. The van der Waals surface area contributed by atoms with Crippen LogP contribution in [-0.4, -0.2) is 5.12 Å². The Labute approximate surface area is 71.8 Å². The zero-order valence-electron chi connectivity index (χ0n) is 6.32. The molecule has 11 heavy (non-hydrogen) atoms. The first kappa shape index (κ1) is 8.34. The highest BCUT2D eigenvalue weighted by Crippen LogP contribution is 2.16. The minimum absolute atomic E-state index is 0.0869. The molecule has 0 fully saturated rings. The van der Waals surface area contributed by atoms with Crippen molar-refractivity contribution in [2.75, 3.05) is 0 Å². The summed E-state index contributed by atoms with van der Waals surface area (Å²) in [6.07, 6.45) is 0. The number of carbonyl (C=O) groups excluding carboxylic acids is 1. The van der Waals surface area contributed by atoms with Gasteiger partial charge in [-0.2, -0.15) is 0 Å². The van der Waals surface area contributed by atoms with Crippen molar-refractivity contribution < 1.29 is 4.79 Å². The highest BCUT2D eigenvalue weighted by molar-refractivity contribution is 7.96. The Morgan fingerprint density at radius 1 is 1.36 bits per heavy atom. The van der Waals surface area contributed by atoms with Gasteiger partial charge < -0.3 is 0 Å². The van der Waals surface area contributed by atoms with Crippen LogP contribution in [-0.2, 0) is 4.79 Å². The first-order chi connectivity index (χ1) is 5.22. The van der Waals surface area contributed by atoms with E-state index in [-0.39, 0.29) is 11.0 Å².